The lowest BCUT2D eigenvalue weighted by Crippen LogP contribution is -2.42. The predicted molar refractivity (Wildman–Crippen MR) is 100 cm³/mol. The van der Waals surface area contributed by atoms with Gasteiger partial charge in [-0.15, -0.1) is 0 Å². The summed E-state index contributed by atoms with van der Waals surface area (Å²) in [6, 6.07) is 14.9. The van der Waals surface area contributed by atoms with Gasteiger partial charge in [0, 0.05) is 16.1 Å². The summed E-state index contributed by atoms with van der Waals surface area (Å²) in [7, 11) is 0. The van der Waals surface area contributed by atoms with Crippen LogP contribution in [0, 0.1) is 0 Å². The maximum absolute atomic E-state index is 12.3. The Hall–Kier alpha value is -1.85. The molecule has 4 nitrogen and oxygen atoms in total. The maximum Gasteiger partial charge on any atom is 0.224 e. The van der Waals surface area contributed by atoms with Gasteiger partial charge in [-0.3, -0.25) is 4.79 Å². The summed E-state index contributed by atoms with van der Waals surface area (Å²) in [6.07, 6.45) is 2.89. The average Bonchev–Trinajstić information content (AvgIpc) is 2.60. The van der Waals surface area contributed by atoms with Gasteiger partial charge in [-0.1, -0.05) is 52.3 Å². The summed E-state index contributed by atoms with van der Waals surface area (Å²) in [5, 5.41) is 23.8. The van der Waals surface area contributed by atoms with E-state index in [9.17, 15) is 15.0 Å². The van der Waals surface area contributed by atoms with Gasteiger partial charge in [0.05, 0.1) is 12.0 Å². The number of phenolic OH excluding ortho intramolecular Hbond substituents is 1. The number of halogens is 1. The maximum atomic E-state index is 12.3. The minimum atomic E-state index is -0.799. The van der Waals surface area contributed by atoms with Crippen molar-refractivity contribution in [3.05, 3.63) is 64.1 Å². The molecule has 0 aromatic heterocycles. The van der Waals surface area contributed by atoms with Crippen LogP contribution < -0.4 is 5.32 Å². The monoisotopic (exact) mass is 403 g/mol. The molecule has 1 fully saturated rings. The highest BCUT2D eigenvalue weighted by Gasteiger charge is 2.35. The molecule has 0 heterocycles. The van der Waals surface area contributed by atoms with Crippen molar-refractivity contribution in [3.63, 3.8) is 0 Å². The lowest BCUT2D eigenvalue weighted by Gasteiger charge is -2.36. The Morgan fingerprint density at radius 1 is 1.16 bits per heavy atom. The minimum Gasteiger partial charge on any atom is -0.508 e. The third-order valence-corrected chi connectivity index (χ3v) is 5.38. The van der Waals surface area contributed by atoms with Crippen molar-refractivity contribution in [2.24, 2.45) is 0 Å². The lowest BCUT2D eigenvalue weighted by atomic mass is 9.78. The number of hydrogen-bond acceptors (Lipinski definition) is 3. The molecular weight excluding hydrogens is 382 g/mol. The quantitative estimate of drug-likeness (QED) is 0.729. The SMILES string of the molecule is O=C(Cc1ccc(Br)cc1O)NC1CCC(O)(c2ccccc2)CC1. The van der Waals surface area contributed by atoms with Crippen molar-refractivity contribution in [2.45, 2.75) is 43.7 Å². The molecule has 3 N–H and O–H groups in total. The van der Waals surface area contributed by atoms with Crippen LogP contribution in [0.5, 0.6) is 5.75 Å². The Bertz CT molecular complexity index is 740. The standard InChI is InChI=1S/C20H22BrNO3/c21-16-7-6-14(18(23)13-16)12-19(24)22-17-8-10-20(25,11-9-17)15-4-2-1-3-5-15/h1-7,13,17,23,25H,8-12H2,(H,22,24). The van der Waals surface area contributed by atoms with E-state index >= 15 is 0 Å². The molecule has 0 spiro atoms. The molecule has 1 saturated carbocycles. The summed E-state index contributed by atoms with van der Waals surface area (Å²) in [4.78, 5) is 12.3. The highest BCUT2D eigenvalue weighted by atomic mass is 79.9. The van der Waals surface area contributed by atoms with Crippen LogP contribution in [0.2, 0.25) is 0 Å². The van der Waals surface area contributed by atoms with E-state index in [1.807, 2.05) is 36.4 Å². The van der Waals surface area contributed by atoms with Crippen molar-refractivity contribution < 1.29 is 15.0 Å². The van der Waals surface area contributed by atoms with Crippen molar-refractivity contribution in [1.29, 1.82) is 0 Å². The highest BCUT2D eigenvalue weighted by molar-refractivity contribution is 9.10. The molecule has 5 heteroatoms. The number of nitrogens with one attached hydrogen (secondary N) is 1. The molecule has 2 aromatic rings. The van der Waals surface area contributed by atoms with Gasteiger partial charge in [-0.05, 0) is 43.4 Å². The first-order valence-corrected chi connectivity index (χ1v) is 9.30. The molecule has 0 saturated heterocycles. The summed E-state index contributed by atoms with van der Waals surface area (Å²) >= 11 is 3.29. The fourth-order valence-corrected chi connectivity index (χ4v) is 3.76. The first kappa shape index (κ1) is 18.0. The number of phenols is 1. The summed E-state index contributed by atoms with van der Waals surface area (Å²) in [5.41, 5.74) is 0.754. The molecule has 1 amide bonds. The normalized spacial score (nSPS) is 23.2. The van der Waals surface area contributed by atoms with E-state index in [1.165, 1.54) is 0 Å². The number of carbonyl (C=O) groups excluding carboxylic acids is 1. The van der Waals surface area contributed by atoms with Gasteiger partial charge in [0.1, 0.15) is 5.75 Å². The average molecular weight is 404 g/mol. The van der Waals surface area contributed by atoms with Crippen LogP contribution in [0.15, 0.2) is 53.0 Å². The second kappa shape index (κ2) is 7.58. The number of rotatable bonds is 4. The van der Waals surface area contributed by atoms with Crippen LogP contribution in [-0.2, 0) is 16.8 Å². The molecule has 0 radical (unpaired) electrons. The molecule has 2 aromatic carbocycles. The van der Waals surface area contributed by atoms with Crippen LogP contribution in [-0.4, -0.2) is 22.2 Å². The molecule has 0 aliphatic heterocycles. The third-order valence-electron chi connectivity index (χ3n) is 4.89. The predicted octanol–water partition coefficient (Wildman–Crippen LogP) is 3.64. The zero-order valence-corrected chi connectivity index (χ0v) is 15.5. The first-order chi connectivity index (χ1) is 12.0. The summed E-state index contributed by atoms with van der Waals surface area (Å²) < 4.78 is 0.779. The third kappa shape index (κ3) is 4.41. The second-order valence-corrected chi connectivity index (χ2v) is 7.60. The Balaban J connectivity index is 1.54. The largest absolute Gasteiger partial charge is 0.508 e. The minimum absolute atomic E-state index is 0.0640. The van der Waals surface area contributed by atoms with E-state index in [4.69, 9.17) is 0 Å². The molecule has 1 aliphatic rings. The van der Waals surface area contributed by atoms with E-state index < -0.39 is 5.60 Å². The van der Waals surface area contributed by atoms with Crippen molar-refractivity contribution in [3.8, 4) is 5.75 Å². The molecule has 0 atom stereocenters. The lowest BCUT2D eigenvalue weighted by molar-refractivity contribution is -0.122. The van der Waals surface area contributed by atoms with Crippen LogP contribution in [0.25, 0.3) is 0 Å². The van der Waals surface area contributed by atoms with E-state index in [-0.39, 0.29) is 24.1 Å². The second-order valence-electron chi connectivity index (χ2n) is 6.69. The van der Waals surface area contributed by atoms with Crippen LogP contribution in [0.4, 0.5) is 0 Å². The van der Waals surface area contributed by atoms with Crippen molar-refractivity contribution in [1.82, 2.24) is 5.32 Å². The number of hydrogen-bond donors (Lipinski definition) is 3. The molecule has 0 unspecified atom stereocenters. The number of benzene rings is 2. The number of aliphatic hydroxyl groups is 1. The van der Waals surface area contributed by atoms with Gasteiger partial charge in [0.2, 0.25) is 5.91 Å². The van der Waals surface area contributed by atoms with Crippen LogP contribution >= 0.6 is 15.9 Å². The Morgan fingerprint density at radius 2 is 1.84 bits per heavy atom. The Labute approximate surface area is 156 Å². The smallest absolute Gasteiger partial charge is 0.224 e. The van der Waals surface area contributed by atoms with E-state index in [0.717, 1.165) is 22.9 Å². The molecule has 132 valence electrons. The number of amides is 1. The van der Waals surface area contributed by atoms with Gasteiger partial charge in [-0.25, -0.2) is 0 Å². The van der Waals surface area contributed by atoms with Crippen LogP contribution in [0.3, 0.4) is 0 Å². The van der Waals surface area contributed by atoms with Gasteiger partial charge >= 0.3 is 0 Å². The van der Waals surface area contributed by atoms with Crippen LogP contribution in [0.1, 0.15) is 36.8 Å². The highest BCUT2D eigenvalue weighted by Crippen LogP contribution is 2.37. The molecule has 0 bridgehead atoms. The zero-order valence-electron chi connectivity index (χ0n) is 13.9. The van der Waals surface area contributed by atoms with E-state index in [0.29, 0.717) is 18.4 Å². The fourth-order valence-electron chi connectivity index (χ4n) is 3.41. The number of aromatic hydroxyl groups is 1. The van der Waals surface area contributed by atoms with Gasteiger partial charge in [-0.2, -0.15) is 0 Å². The van der Waals surface area contributed by atoms with Gasteiger partial charge in [0.15, 0.2) is 0 Å². The van der Waals surface area contributed by atoms with Gasteiger partial charge in [0.25, 0.3) is 0 Å². The first-order valence-electron chi connectivity index (χ1n) is 8.51. The molecular formula is C20H22BrNO3. The van der Waals surface area contributed by atoms with E-state index in [2.05, 4.69) is 21.2 Å². The fraction of sp³-hybridized carbons (Fsp3) is 0.350. The molecule has 25 heavy (non-hydrogen) atoms. The topological polar surface area (TPSA) is 69.6 Å². The van der Waals surface area contributed by atoms with E-state index in [1.54, 1.807) is 12.1 Å². The number of carbonyl (C=O) groups is 1. The molecule has 3 rings (SSSR count). The zero-order chi connectivity index (χ0) is 17.9. The van der Waals surface area contributed by atoms with Crippen molar-refractivity contribution >= 4 is 21.8 Å². The Kier molecular flexibility index (Phi) is 5.45. The van der Waals surface area contributed by atoms with Gasteiger partial charge < -0.3 is 15.5 Å². The van der Waals surface area contributed by atoms with Crippen molar-refractivity contribution in [2.75, 3.05) is 0 Å². The summed E-state index contributed by atoms with van der Waals surface area (Å²) in [6.45, 7) is 0. The Morgan fingerprint density at radius 3 is 2.48 bits per heavy atom. The molecule has 1 aliphatic carbocycles. The summed E-state index contributed by atoms with van der Waals surface area (Å²) in [5.74, 6) is 0.0133.